The maximum Gasteiger partial charge on any atom is 0.240 e. The predicted octanol–water partition coefficient (Wildman–Crippen LogP) is 3.89. The Hall–Kier alpha value is -0.880. The molecule has 0 aromatic heterocycles. The van der Waals surface area contributed by atoms with E-state index in [4.69, 9.17) is 11.6 Å². The van der Waals surface area contributed by atoms with E-state index in [0.717, 1.165) is 15.6 Å². The van der Waals surface area contributed by atoms with Gasteiger partial charge < -0.3 is 0 Å². The molecule has 6 heteroatoms. The molecule has 0 radical (unpaired) electrons. The highest BCUT2D eigenvalue weighted by Gasteiger charge is 2.13. The number of benzene rings is 2. The molecule has 2 aromatic rings. The van der Waals surface area contributed by atoms with Crippen molar-refractivity contribution < 1.29 is 8.42 Å². The number of aryl methyl sites for hydroxylation is 1. The molecule has 0 aliphatic carbocycles. The van der Waals surface area contributed by atoms with Crippen molar-refractivity contribution in [3.8, 4) is 0 Å². The largest absolute Gasteiger partial charge is 0.240 e. The van der Waals surface area contributed by atoms with Crippen molar-refractivity contribution in [2.75, 3.05) is 0 Å². The minimum Gasteiger partial charge on any atom is -0.207 e. The van der Waals surface area contributed by atoms with Gasteiger partial charge in [0.25, 0.3) is 0 Å². The van der Waals surface area contributed by atoms with Gasteiger partial charge in [0.05, 0.1) is 4.90 Å². The summed E-state index contributed by atoms with van der Waals surface area (Å²) < 4.78 is 27.7. The average molecular weight is 375 g/mol. The molecule has 0 fully saturated rings. The van der Waals surface area contributed by atoms with Crippen LogP contribution in [0.25, 0.3) is 0 Å². The zero-order valence-electron chi connectivity index (χ0n) is 10.7. The Morgan fingerprint density at radius 3 is 2.45 bits per heavy atom. The van der Waals surface area contributed by atoms with Crippen molar-refractivity contribution in [2.24, 2.45) is 0 Å². The fourth-order valence-electron chi connectivity index (χ4n) is 1.70. The second-order valence-corrected chi connectivity index (χ2v) is 7.47. The number of hydrogen-bond acceptors (Lipinski definition) is 2. The van der Waals surface area contributed by atoms with Gasteiger partial charge in [0.1, 0.15) is 0 Å². The number of nitrogens with one attached hydrogen (secondary N) is 1. The summed E-state index contributed by atoms with van der Waals surface area (Å²) in [5, 5.41) is 0.591. The molecule has 0 saturated carbocycles. The fraction of sp³-hybridized carbons (Fsp3) is 0.143. The summed E-state index contributed by atoms with van der Waals surface area (Å²) in [7, 11) is -3.52. The van der Waals surface area contributed by atoms with E-state index in [1.807, 2.05) is 13.0 Å². The molecule has 106 valence electrons. The average Bonchev–Trinajstić information content (AvgIpc) is 2.40. The van der Waals surface area contributed by atoms with E-state index >= 15 is 0 Å². The molecular weight excluding hydrogens is 362 g/mol. The van der Waals surface area contributed by atoms with Crippen LogP contribution in [0.2, 0.25) is 5.02 Å². The molecule has 0 aliphatic heterocycles. The molecule has 0 unspecified atom stereocenters. The zero-order chi connectivity index (χ0) is 14.8. The van der Waals surface area contributed by atoms with Crippen LogP contribution in [-0.4, -0.2) is 8.42 Å². The van der Waals surface area contributed by atoms with E-state index in [1.165, 1.54) is 0 Å². The molecule has 2 rings (SSSR count). The van der Waals surface area contributed by atoms with E-state index < -0.39 is 10.0 Å². The van der Waals surface area contributed by atoms with Gasteiger partial charge in [-0.25, -0.2) is 13.1 Å². The van der Waals surface area contributed by atoms with Crippen molar-refractivity contribution in [2.45, 2.75) is 18.4 Å². The molecule has 3 nitrogen and oxygen atoms in total. The third-order valence-electron chi connectivity index (χ3n) is 2.89. The topological polar surface area (TPSA) is 46.2 Å². The molecule has 0 amide bonds. The summed E-state index contributed by atoms with van der Waals surface area (Å²) in [5.41, 5.74) is 1.85. The highest BCUT2D eigenvalue weighted by atomic mass is 79.9. The molecule has 20 heavy (non-hydrogen) atoms. The summed E-state index contributed by atoms with van der Waals surface area (Å²) in [6.07, 6.45) is 0. The van der Waals surface area contributed by atoms with E-state index in [2.05, 4.69) is 20.7 Å². The van der Waals surface area contributed by atoms with Crippen LogP contribution in [0.5, 0.6) is 0 Å². The van der Waals surface area contributed by atoms with Gasteiger partial charge >= 0.3 is 0 Å². The van der Waals surface area contributed by atoms with Gasteiger partial charge in [-0.05, 0) is 54.4 Å². The molecule has 0 atom stereocenters. The lowest BCUT2D eigenvalue weighted by Gasteiger charge is -2.09. The van der Waals surface area contributed by atoms with Crippen molar-refractivity contribution in [1.29, 1.82) is 0 Å². The zero-order valence-corrected chi connectivity index (χ0v) is 13.9. The first-order valence-corrected chi connectivity index (χ1v) is 8.54. The van der Waals surface area contributed by atoms with Gasteiger partial charge in [-0.2, -0.15) is 0 Å². The fourth-order valence-corrected chi connectivity index (χ4v) is 3.17. The van der Waals surface area contributed by atoms with Crippen LogP contribution in [-0.2, 0) is 16.6 Å². The summed E-state index contributed by atoms with van der Waals surface area (Å²) in [6.45, 7) is 2.13. The third-order valence-corrected chi connectivity index (χ3v) is 5.07. The molecule has 0 aliphatic rings. The number of halogens is 2. The van der Waals surface area contributed by atoms with Gasteiger partial charge in [-0.3, -0.25) is 0 Å². The number of sulfonamides is 1. The Morgan fingerprint density at radius 1 is 1.15 bits per heavy atom. The van der Waals surface area contributed by atoms with Gasteiger partial charge in [0.15, 0.2) is 0 Å². The minimum absolute atomic E-state index is 0.213. The summed E-state index contributed by atoms with van der Waals surface area (Å²) >= 11 is 9.19. The van der Waals surface area contributed by atoms with Gasteiger partial charge in [0, 0.05) is 16.0 Å². The van der Waals surface area contributed by atoms with E-state index in [1.54, 1.807) is 36.4 Å². The Bertz CT molecular complexity index is 714. The maximum atomic E-state index is 12.2. The maximum absolute atomic E-state index is 12.2. The number of rotatable bonds is 4. The molecule has 0 bridgehead atoms. The van der Waals surface area contributed by atoms with E-state index in [-0.39, 0.29) is 11.4 Å². The van der Waals surface area contributed by atoms with Crippen LogP contribution >= 0.6 is 27.5 Å². The van der Waals surface area contributed by atoms with Crippen molar-refractivity contribution >= 4 is 37.6 Å². The lowest BCUT2D eigenvalue weighted by atomic mass is 10.1. The third kappa shape index (κ3) is 3.82. The van der Waals surface area contributed by atoms with Crippen LogP contribution in [0.1, 0.15) is 11.1 Å². The van der Waals surface area contributed by atoms with Crippen molar-refractivity contribution in [1.82, 2.24) is 4.72 Å². The summed E-state index contributed by atoms with van der Waals surface area (Å²) in [5.74, 6) is 0. The van der Waals surface area contributed by atoms with Crippen molar-refractivity contribution in [3.05, 3.63) is 63.1 Å². The molecule has 0 heterocycles. The molecular formula is C14H13BrClNO2S. The molecule has 0 spiro atoms. The van der Waals surface area contributed by atoms with Crippen LogP contribution in [0, 0.1) is 6.92 Å². The van der Waals surface area contributed by atoms with E-state index in [9.17, 15) is 8.42 Å². The molecule has 2 aromatic carbocycles. The van der Waals surface area contributed by atoms with Crippen LogP contribution in [0.15, 0.2) is 51.8 Å². The quantitative estimate of drug-likeness (QED) is 0.882. The Kier molecular flexibility index (Phi) is 4.86. The summed E-state index contributed by atoms with van der Waals surface area (Å²) in [4.78, 5) is 0.236. The first-order valence-electron chi connectivity index (χ1n) is 5.89. The lowest BCUT2D eigenvalue weighted by Crippen LogP contribution is -2.23. The lowest BCUT2D eigenvalue weighted by molar-refractivity contribution is 0.581. The monoisotopic (exact) mass is 373 g/mol. The Labute approximate surface area is 132 Å². The highest BCUT2D eigenvalue weighted by molar-refractivity contribution is 9.10. The first-order chi connectivity index (χ1) is 9.38. The van der Waals surface area contributed by atoms with E-state index in [0.29, 0.717) is 5.02 Å². The highest BCUT2D eigenvalue weighted by Crippen LogP contribution is 2.17. The standard InChI is InChI=1S/C14H13BrClNO2S/c1-10-2-5-13(16)8-11(10)9-17-20(18,19)14-6-3-12(15)4-7-14/h2-8,17H,9H2,1H3. The molecule has 1 N–H and O–H groups in total. The minimum atomic E-state index is -3.52. The van der Waals surface area contributed by atoms with Gasteiger partial charge in [0.2, 0.25) is 10.0 Å². The van der Waals surface area contributed by atoms with Crippen LogP contribution in [0.3, 0.4) is 0 Å². The number of hydrogen-bond donors (Lipinski definition) is 1. The SMILES string of the molecule is Cc1ccc(Cl)cc1CNS(=O)(=O)c1ccc(Br)cc1. The van der Waals surface area contributed by atoms with Crippen LogP contribution in [0.4, 0.5) is 0 Å². The van der Waals surface area contributed by atoms with Crippen molar-refractivity contribution in [3.63, 3.8) is 0 Å². The first kappa shape index (κ1) is 15.5. The second kappa shape index (κ2) is 6.26. The predicted molar refractivity (Wildman–Crippen MR) is 84.4 cm³/mol. The Morgan fingerprint density at radius 2 is 1.80 bits per heavy atom. The second-order valence-electron chi connectivity index (χ2n) is 4.35. The van der Waals surface area contributed by atoms with Gasteiger partial charge in [-0.15, -0.1) is 0 Å². The normalized spacial score (nSPS) is 11.6. The smallest absolute Gasteiger partial charge is 0.207 e. The van der Waals surface area contributed by atoms with Gasteiger partial charge in [-0.1, -0.05) is 33.6 Å². The van der Waals surface area contributed by atoms with Crippen LogP contribution < -0.4 is 4.72 Å². The molecule has 0 saturated heterocycles. The summed E-state index contributed by atoms with van der Waals surface area (Å²) in [6, 6.07) is 11.9. The Balaban J connectivity index is 2.17.